The van der Waals surface area contributed by atoms with Gasteiger partial charge in [-0.1, -0.05) is 18.2 Å². The average Bonchev–Trinajstić information content (AvgIpc) is 2.47. The van der Waals surface area contributed by atoms with Crippen molar-refractivity contribution >= 4 is 10.9 Å². The molecule has 2 aromatic rings. The first-order chi connectivity index (χ1) is 8.84. The highest BCUT2D eigenvalue weighted by atomic mass is 15.2. The van der Waals surface area contributed by atoms with Crippen molar-refractivity contribution in [1.82, 2.24) is 15.2 Å². The third-order valence-electron chi connectivity index (χ3n) is 3.79. The van der Waals surface area contributed by atoms with Gasteiger partial charge in [-0.15, -0.1) is 0 Å². The van der Waals surface area contributed by atoms with E-state index < -0.39 is 0 Å². The van der Waals surface area contributed by atoms with Crippen molar-refractivity contribution in [2.75, 3.05) is 26.2 Å². The van der Waals surface area contributed by atoms with E-state index in [2.05, 4.69) is 46.4 Å². The second-order valence-electron chi connectivity index (χ2n) is 4.92. The van der Waals surface area contributed by atoms with Crippen molar-refractivity contribution in [1.29, 1.82) is 0 Å². The van der Waals surface area contributed by atoms with Crippen molar-refractivity contribution in [3.8, 4) is 0 Å². The van der Waals surface area contributed by atoms with Gasteiger partial charge in [-0.25, -0.2) is 0 Å². The largest absolute Gasteiger partial charge is 0.314 e. The maximum atomic E-state index is 4.55. The van der Waals surface area contributed by atoms with Crippen molar-refractivity contribution < 1.29 is 0 Å². The molecule has 1 fully saturated rings. The van der Waals surface area contributed by atoms with E-state index in [0.29, 0.717) is 6.04 Å². The number of fused-ring (bicyclic) bond motifs is 1. The summed E-state index contributed by atoms with van der Waals surface area (Å²) in [4.78, 5) is 7.07. The second-order valence-corrected chi connectivity index (χ2v) is 4.92. The Bertz CT molecular complexity index is 532. The highest BCUT2D eigenvalue weighted by Crippen LogP contribution is 2.22. The summed E-state index contributed by atoms with van der Waals surface area (Å²) in [6.45, 7) is 6.69. The van der Waals surface area contributed by atoms with E-state index in [4.69, 9.17) is 0 Å². The van der Waals surface area contributed by atoms with Gasteiger partial charge in [0, 0.05) is 43.8 Å². The van der Waals surface area contributed by atoms with Crippen LogP contribution in [0, 0.1) is 0 Å². The van der Waals surface area contributed by atoms with E-state index >= 15 is 0 Å². The Balaban J connectivity index is 1.88. The minimum Gasteiger partial charge on any atom is -0.314 e. The molecule has 1 atom stereocenters. The molecule has 0 spiro atoms. The molecule has 1 aromatic heterocycles. The number of piperazine rings is 1. The second kappa shape index (κ2) is 5.04. The lowest BCUT2D eigenvalue weighted by atomic mass is 10.1. The van der Waals surface area contributed by atoms with Crippen LogP contribution in [0.2, 0.25) is 0 Å². The Morgan fingerprint density at radius 3 is 2.83 bits per heavy atom. The van der Waals surface area contributed by atoms with Gasteiger partial charge < -0.3 is 5.32 Å². The van der Waals surface area contributed by atoms with Gasteiger partial charge in [-0.3, -0.25) is 9.88 Å². The number of hydrogen-bond acceptors (Lipinski definition) is 3. The predicted molar refractivity (Wildman–Crippen MR) is 74.6 cm³/mol. The van der Waals surface area contributed by atoms with Gasteiger partial charge >= 0.3 is 0 Å². The average molecular weight is 241 g/mol. The zero-order valence-corrected chi connectivity index (χ0v) is 10.8. The summed E-state index contributed by atoms with van der Waals surface area (Å²) in [5.74, 6) is 0. The molecule has 0 radical (unpaired) electrons. The molecule has 0 bridgehead atoms. The summed E-state index contributed by atoms with van der Waals surface area (Å²) in [6, 6.07) is 11.0. The summed E-state index contributed by atoms with van der Waals surface area (Å²) in [5.41, 5.74) is 2.39. The van der Waals surface area contributed by atoms with E-state index in [1.807, 2.05) is 12.3 Å². The molecule has 1 unspecified atom stereocenters. The maximum Gasteiger partial charge on any atom is 0.0702 e. The minimum atomic E-state index is 0.448. The predicted octanol–water partition coefficient (Wildman–Crippen LogP) is 2.20. The van der Waals surface area contributed by atoms with Crippen LogP contribution in [-0.4, -0.2) is 36.1 Å². The Morgan fingerprint density at radius 1 is 1.22 bits per heavy atom. The van der Waals surface area contributed by atoms with Crippen LogP contribution in [0.1, 0.15) is 18.5 Å². The van der Waals surface area contributed by atoms with E-state index in [1.54, 1.807) is 0 Å². The third-order valence-corrected chi connectivity index (χ3v) is 3.79. The standard InChI is InChI=1S/C15H19N3/c1-12(18-8-6-16-7-9-18)14-10-13-4-2-3-5-15(13)17-11-14/h2-5,10-12,16H,6-9H2,1H3. The lowest BCUT2D eigenvalue weighted by molar-refractivity contribution is 0.185. The number of benzene rings is 1. The molecule has 94 valence electrons. The highest BCUT2D eigenvalue weighted by molar-refractivity contribution is 5.78. The zero-order valence-electron chi connectivity index (χ0n) is 10.8. The lowest BCUT2D eigenvalue weighted by Crippen LogP contribution is -2.44. The Morgan fingerprint density at radius 2 is 2.00 bits per heavy atom. The molecule has 1 saturated heterocycles. The van der Waals surface area contributed by atoms with Crippen molar-refractivity contribution in [3.63, 3.8) is 0 Å². The molecule has 3 heteroatoms. The molecular formula is C15H19N3. The number of pyridine rings is 1. The zero-order chi connectivity index (χ0) is 12.4. The number of aromatic nitrogens is 1. The van der Waals surface area contributed by atoms with E-state index in [0.717, 1.165) is 31.7 Å². The first-order valence-electron chi connectivity index (χ1n) is 6.64. The van der Waals surface area contributed by atoms with E-state index in [-0.39, 0.29) is 0 Å². The summed E-state index contributed by atoms with van der Waals surface area (Å²) < 4.78 is 0. The van der Waals surface area contributed by atoms with E-state index in [1.165, 1.54) is 10.9 Å². The lowest BCUT2D eigenvalue weighted by Gasteiger charge is -2.32. The fraction of sp³-hybridized carbons (Fsp3) is 0.400. The first kappa shape index (κ1) is 11.6. The monoisotopic (exact) mass is 241 g/mol. The topological polar surface area (TPSA) is 28.2 Å². The summed E-state index contributed by atoms with van der Waals surface area (Å²) >= 11 is 0. The first-order valence-corrected chi connectivity index (χ1v) is 6.64. The molecular weight excluding hydrogens is 222 g/mol. The van der Waals surface area contributed by atoms with Crippen LogP contribution in [0.5, 0.6) is 0 Å². The SMILES string of the molecule is CC(c1cnc2ccccc2c1)N1CCNCC1. The van der Waals surface area contributed by atoms with Crippen LogP contribution in [0.15, 0.2) is 36.5 Å². The number of nitrogens with one attached hydrogen (secondary N) is 1. The molecule has 2 heterocycles. The molecule has 3 nitrogen and oxygen atoms in total. The fourth-order valence-corrected chi connectivity index (χ4v) is 2.60. The van der Waals surface area contributed by atoms with Gasteiger partial charge in [0.1, 0.15) is 0 Å². The fourth-order valence-electron chi connectivity index (χ4n) is 2.60. The molecule has 18 heavy (non-hydrogen) atoms. The molecule has 0 saturated carbocycles. The molecule has 1 aliphatic rings. The number of para-hydroxylation sites is 1. The molecule has 1 aliphatic heterocycles. The molecule has 3 rings (SSSR count). The summed E-state index contributed by atoms with van der Waals surface area (Å²) in [5, 5.41) is 4.63. The van der Waals surface area contributed by atoms with Crippen LogP contribution in [-0.2, 0) is 0 Å². The Hall–Kier alpha value is -1.45. The van der Waals surface area contributed by atoms with Gasteiger partial charge in [0.15, 0.2) is 0 Å². The van der Waals surface area contributed by atoms with Gasteiger partial charge in [0.05, 0.1) is 5.52 Å². The number of rotatable bonds is 2. The van der Waals surface area contributed by atoms with Crippen LogP contribution >= 0.6 is 0 Å². The smallest absolute Gasteiger partial charge is 0.0702 e. The number of nitrogens with zero attached hydrogens (tertiary/aromatic N) is 2. The van der Waals surface area contributed by atoms with Crippen LogP contribution < -0.4 is 5.32 Å². The molecule has 0 amide bonds. The van der Waals surface area contributed by atoms with Gasteiger partial charge in [0.25, 0.3) is 0 Å². The van der Waals surface area contributed by atoms with Crippen LogP contribution in [0.25, 0.3) is 10.9 Å². The van der Waals surface area contributed by atoms with Gasteiger partial charge in [0.2, 0.25) is 0 Å². The highest BCUT2D eigenvalue weighted by Gasteiger charge is 2.18. The Kier molecular flexibility index (Phi) is 3.26. The van der Waals surface area contributed by atoms with Gasteiger partial charge in [-0.05, 0) is 24.6 Å². The summed E-state index contributed by atoms with van der Waals surface area (Å²) in [7, 11) is 0. The van der Waals surface area contributed by atoms with Crippen LogP contribution in [0.3, 0.4) is 0 Å². The van der Waals surface area contributed by atoms with Gasteiger partial charge in [-0.2, -0.15) is 0 Å². The van der Waals surface area contributed by atoms with Crippen molar-refractivity contribution in [2.45, 2.75) is 13.0 Å². The van der Waals surface area contributed by atoms with Crippen molar-refractivity contribution in [3.05, 3.63) is 42.1 Å². The molecule has 1 aromatic carbocycles. The summed E-state index contributed by atoms with van der Waals surface area (Å²) in [6.07, 6.45) is 2.02. The van der Waals surface area contributed by atoms with Crippen molar-refractivity contribution in [2.24, 2.45) is 0 Å². The van der Waals surface area contributed by atoms with Crippen LogP contribution in [0.4, 0.5) is 0 Å². The number of hydrogen-bond donors (Lipinski definition) is 1. The third kappa shape index (κ3) is 2.24. The van der Waals surface area contributed by atoms with E-state index in [9.17, 15) is 0 Å². The maximum absolute atomic E-state index is 4.55. The Labute approximate surface area is 108 Å². The molecule has 0 aliphatic carbocycles. The quantitative estimate of drug-likeness (QED) is 0.873. The molecule has 1 N–H and O–H groups in total. The normalized spacial score (nSPS) is 18.9. The minimum absolute atomic E-state index is 0.448.